The van der Waals surface area contributed by atoms with Crippen LogP contribution in [0.4, 0.5) is 0 Å². The van der Waals surface area contributed by atoms with Gasteiger partial charge < -0.3 is 10.1 Å². The van der Waals surface area contributed by atoms with E-state index in [0.717, 1.165) is 0 Å². The summed E-state index contributed by atoms with van der Waals surface area (Å²) in [4.78, 5) is 11.5. The van der Waals surface area contributed by atoms with Gasteiger partial charge in [-0.15, -0.1) is 0 Å². The van der Waals surface area contributed by atoms with Crippen molar-refractivity contribution in [3.63, 3.8) is 0 Å². The van der Waals surface area contributed by atoms with Crippen molar-refractivity contribution < 1.29 is 9.53 Å². The van der Waals surface area contributed by atoms with Crippen LogP contribution in [0.5, 0.6) is 5.75 Å². The lowest BCUT2D eigenvalue weighted by molar-refractivity contribution is 0.0966. The molecule has 2 rings (SSSR count). The van der Waals surface area contributed by atoms with Crippen LogP contribution < -0.4 is 10.1 Å². The Morgan fingerprint density at radius 2 is 1.87 bits per heavy atom. The third kappa shape index (κ3) is 2.59. The van der Waals surface area contributed by atoms with Crippen LogP contribution in [0.25, 0.3) is 0 Å². The largest absolute Gasteiger partial charge is 0.462 e. The highest BCUT2D eigenvalue weighted by Gasteiger charge is 2.14. The molecule has 1 N–H and O–H groups in total. The Kier molecular flexibility index (Phi) is 3.92. The van der Waals surface area contributed by atoms with Crippen molar-refractivity contribution >= 4 is 5.91 Å². The van der Waals surface area contributed by atoms with Gasteiger partial charge in [0.1, 0.15) is 12.0 Å². The van der Waals surface area contributed by atoms with E-state index in [4.69, 9.17) is 4.74 Å². The van der Waals surface area contributed by atoms with Crippen LogP contribution in [-0.4, -0.2) is 5.91 Å². The zero-order valence-corrected chi connectivity index (χ0v) is 9.20. The molecule has 0 aliphatic carbocycles. The summed E-state index contributed by atoms with van der Waals surface area (Å²) in [5.41, 5.74) is 1.27. The molecule has 1 aromatic carbocycles. The number of carbonyl (C=O) groups is 1. The summed E-state index contributed by atoms with van der Waals surface area (Å²) >= 11 is 0. The average molecular weight is 205 g/mol. The minimum absolute atomic E-state index is 0.123. The van der Waals surface area contributed by atoms with Gasteiger partial charge in [0.15, 0.2) is 0 Å². The van der Waals surface area contributed by atoms with E-state index in [1.54, 1.807) is 19.1 Å². The molecule has 0 aromatic heterocycles. The lowest BCUT2D eigenvalue weighted by atomic mass is 10.2. The van der Waals surface area contributed by atoms with E-state index in [2.05, 4.69) is 5.32 Å². The van der Waals surface area contributed by atoms with Crippen LogP contribution in [0.3, 0.4) is 0 Å². The Morgan fingerprint density at radius 3 is 2.60 bits per heavy atom. The minimum Gasteiger partial charge on any atom is -0.462 e. The van der Waals surface area contributed by atoms with Crippen LogP contribution in [0.2, 0.25) is 0 Å². The van der Waals surface area contributed by atoms with Gasteiger partial charge in [0.2, 0.25) is 0 Å². The fraction of sp³-hybridized carbons (Fsp3) is 0.250. The molecule has 0 bridgehead atoms. The van der Waals surface area contributed by atoms with E-state index in [1.165, 1.54) is 6.26 Å². The van der Waals surface area contributed by atoms with Crippen molar-refractivity contribution in [1.29, 1.82) is 0 Å². The number of ether oxygens (including phenoxy) is 1. The first-order valence-corrected chi connectivity index (χ1v) is 5.01. The molecule has 1 amide bonds. The Morgan fingerprint density at radius 1 is 1.20 bits per heavy atom. The van der Waals surface area contributed by atoms with Crippen molar-refractivity contribution in [2.45, 2.75) is 20.8 Å². The molecule has 0 saturated heterocycles. The van der Waals surface area contributed by atoms with Crippen LogP contribution in [0, 0.1) is 0 Å². The van der Waals surface area contributed by atoms with E-state index in [0.29, 0.717) is 17.0 Å². The second-order valence-electron chi connectivity index (χ2n) is 2.87. The highest BCUT2D eigenvalue weighted by Crippen LogP contribution is 2.20. The first-order valence-electron chi connectivity index (χ1n) is 5.01. The molecule has 1 aliphatic rings. The molecule has 15 heavy (non-hydrogen) atoms. The molecule has 3 heteroatoms. The first-order chi connectivity index (χ1) is 7.27. The molecule has 0 atom stereocenters. The monoisotopic (exact) mass is 205 g/mol. The number of para-hydroxylation sites is 1. The molecule has 80 valence electrons. The molecule has 0 fully saturated rings. The van der Waals surface area contributed by atoms with Gasteiger partial charge in [-0.3, -0.25) is 4.79 Å². The topological polar surface area (TPSA) is 38.3 Å². The Bertz CT molecular complexity index is 383. The zero-order valence-electron chi connectivity index (χ0n) is 9.20. The van der Waals surface area contributed by atoms with E-state index in [1.807, 2.05) is 26.0 Å². The highest BCUT2D eigenvalue weighted by atomic mass is 16.5. The van der Waals surface area contributed by atoms with Crippen molar-refractivity contribution in [3.05, 3.63) is 41.8 Å². The number of rotatable bonds is 0. The SMILES string of the molecule is CC.CC1=COc2ccccc2C(=O)N1. The van der Waals surface area contributed by atoms with Gasteiger partial charge in [-0.2, -0.15) is 0 Å². The summed E-state index contributed by atoms with van der Waals surface area (Å²) in [5, 5.41) is 2.70. The molecule has 0 unspecified atom stereocenters. The molecule has 1 aromatic rings. The smallest absolute Gasteiger partial charge is 0.259 e. The van der Waals surface area contributed by atoms with E-state index >= 15 is 0 Å². The van der Waals surface area contributed by atoms with Gasteiger partial charge >= 0.3 is 0 Å². The van der Waals surface area contributed by atoms with E-state index in [-0.39, 0.29) is 5.91 Å². The maximum atomic E-state index is 11.5. The van der Waals surface area contributed by atoms with Gasteiger partial charge in [0.05, 0.1) is 11.3 Å². The number of benzene rings is 1. The Balaban J connectivity index is 0.000000531. The molecule has 0 radical (unpaired) electrons. The number of hydrogen-bond acceptors (Lipinski definition) is 2. The third-order valence-electron chi connectivity index (χ3n) is 1.81. The standard InChI is InChI=1S/C10H9NO2.C2H6/c1-7-6-13-9-5-3-2-4-8(9)10(12)11-7;1-2/h2-6H,1H3,(H,11,12);1-2H3. The first kappa shape index (κ1) is 11.3. The van der Waals surface area contributed by atoms with Gasteiger partial charge in [-0.05, 0) is 19.1 Å². The molecule has 0 spiro atoms. The van der Waals surface area contributed by atoms with Crippen molar-refractivity contribution in [3.8, 4) is 5.75 Å². The fourth-order valence-electron chi connectivity index (χ4n) is 1.18. The van der Waals surface area contributed by atoms with Gasteiger partial charge in [0, 0.05) is 0 Å². The van der Waals surface area contributed by atoms with E-state index in [9.17, 15) is 4.79 Å². The number of nitrogens with one attached hydrogen (secondary N) is 1. The lowest BCUT2D eigenvalue weighted by Crippen LogP contribution is -2.19. The van der Waals surface area contributed by atoms with Crippen LogP contribution in [0.15, 0.2) is 36.2 Å². The summed E-state index contributed by atoms with van der Waals surface area (Å²) in [6, 6.07) is 7.14. The third-order valence-corrected chi connectivity index (χ3v) is 1.81. The summed E-state index contributed by atoms with van der Waals surface area (Å²) in [6.07, 6.45) is 1.53. The fourth-order valence-corrected chi connectivity index (χ4v) is 1.18. The summed E-state index contributed by atoms with van der Waals surface area (Å²) in [5.74, 6) is 0.471. The Labute approximate surface area is 89.8 Å². The maximum absolute atomic E-state index is 11.5. The second kappa shape index (κ2) is 5.20. The van der Waals surface area contributed by atoms with Gasteiger partial charge in [-0.25, -0.2) is 0 Å². The van der Waals surface area contributed by atoms with E-state index < -0.39 is 0 Å². The number of amides is 1. The second-order valence-corrected chi connectivity index (χ2v) is 2.87. The van der Waals surface area contributed by atoms with Crippen molar-refractivity contribution in [2.24, 2.45) is 0 Å². The van der Waals surface area contributed by atoms with Crippen LogP contribution in [0.1, 0.15) is 31.1 Å². The highest BCUT2D eigenvalue weighted by molar-refractivity contribution is 5.98. The number of hydrogen-bond donors (Lipinski definition) is 1. The number of fused-ring (bicyclic) bond motifs is 1. The van der Waals surface area contributed by atoms with Crippen LogP contribution in [-0.2, 0) is 0 Å². The molecule has 1 heterocycles. The Hall–Kier alpha value is -1.77. The summed E-state index contributed by atoms with van der Waals surface area (Å²) < 4.78 is 5.29. The zero-order chi connectivity index (χ0) is 11.3. The normalized spacial score (nSPS) is 13.3. The molecule has 0 saturated carbocycles. The lowest BCUT2D eigenvalue weighted by Gasteiger charge is -2.02. The quantitative estimate of drug-likeness (QED) is 0.707. The minimum atomic E-state index is -0.123. The molecular weight excluding hydrogens is 190 g/mol. The summed E-state index contributed by atoms with van der Waals surface area (Å²) in [7, 11) is 0. The van der Waals surface area contributed by atoms with Crippen LogP contribution >= 0.6 is 0 Å². The average Bonchev–Trinajstić information content (AvgIpc) is 2.42. The number of allylic oxidation sites excluding steroid dienone is 1. The summed E-state index contributed by atoms with van der Waals surface area (Å²) in [6.45, 7) is 5.78. The molecular formula is C12H15NO2. The van der Waals surface area contributed by atoms with Gasteiger partial charge in [0.25, 0.3) is 5.91 Å². The van der Waals surface area contributed by atoms with Crippen molar-refractivity contribution in [2.75, 3.05) is 0 Å². The molecule has 1 aliphatic heterocycles. The maximum Gasteiger partial charge on any atom is 0.259 e. The number of carbonyl (C=O) groups excluding carboxylic acids is 1. The predicted octanol–water partition coefficient (Wildman–Crippen LogP) is 2.70. The van der Waals surface area contributed by atoms with Crippen molar-refractivity contribution in [1.82, 2.24) is 5.32 Å². The van der Waals surface area contributed by atoms with Gasteiger partial charge in [-0.1, -0.05) is 26.0 Å². The molecule has 3 nitrogen and oxygen atoms in total. The predicted molar refractivity (Wildman–Crippen MR) is 59.6 cm³/mol.